The fourth-order valence-corrected chi connectivity index (χ4v) is 4.60. The molecule has 154 valence electrons. The molecule has 0 saturated heterocycles. The van der Waals surface area contributed by atoms with Gasteiger partial charge in [-0.2, -0.15) is 0 Å². The third kappa shape index (κ3) is 4.44. The van der Waals surface area contributed by atoms with Crippen molar-refractivity contribution in [2.45, 2.75) is 12.8 Å². The van der Waals surface area contributed by atoms with Crippen LogP contribution in [-0.2, 0) is 12.8 Å². The summed E-state index contributed by atoms with van der Waals surface area (Å²) in [7, 11) is 0. The minimum Gasteiger partial charge on any atom is -0.507 e. The zero-order valence-electron chi connectivity index (χ0n) is 17.6. The van der Waals surface area contributed by atoms with Crippen molar-refractivity contribution < 1.29 is 5.11 Å². The van der Waals surface area contributed by atoms with E-state index in [1.54, 1.807) is 11.3 Å². The molecule has 5 rings (SSSR count). The predicted octanol–water partition coefficient (Wildman–Crippen LogP) is 7.46. The summed E-state index contributed by atoms with van der Waals surface area (Å²) in [6, 6.07) is 33.2. The average molecular weight is 431 g/mol. The highest BCUT2D eigenvalue weighted by atomic mass is 32.1. The van der Waals surface area contributed by atoms with Gasteiger partial charge in [-0.15, -0.1) is 11.3 Å². The lowest BCUT2D eigenvalue weighted by atomic mass is 9.98. The minimum absolute atomic E-state index is 0.344. The third-order valence-corrected chi connectivity index (χ3v) is 6.52. The first-order chi connectivity index (χ1) is 15.8. The molecule has 0 aliphatic carbocycles. The molecule has 5 aromatic rings. The number of fused-ring (bicyclic) bond motifs is 1. The summed E-state index contributed by atoms with van der Waals surface area (Å²) in [6.45, 7) is 0. The van der Waals surface area contributed by atoms with E-state index in [1.165, 1.54) is 21.6 Å². The van der Waals surface area contributed by atoms with Crippen molar-refractivity contribution in [1.82, 2.24) is 0 Å². The lowest BCUT2D eigenvalue weighted by Crippen LogP contribution is -1.90. The van der Waals surface area contributed by atoms with Crippen LogP contribution in [0.1, 0.15) is 22.3 Å². The van der Waals surface area contributed by atoms with Crippen molar-refractivity contribution in [2.75, 3.05) is 0 Å². The van der Waals surface area contributed by atoms with Crippen molar-refractivity contribution in [3.8, 4) is 28.0 Å². The van der Waals surface area contributed by atoms with Crippen LogP contribution in [0.4, 0.5) is 0 Å². The van der Waals surface area contributed by atoms with Gasteiger partial charge in [0.2, 0.25) is 0 Å². The maximum Gasteiger partial charge on any atom is 0.126 e. The summed E-state index contributed by atoms with van der Waals surface area (Å²) in [5.41, 5.74) is 5.46. The zero-order valence-corrected chi connectivity index (χ0v) is 18.4. The molecule has 2 heteroatoms. The van der Waals surface area contributed by atoms with Gasteiger partial charge in [-0.3, -0.25) is 0 Å². The highest BCUT2D eigenvalue weighted by Crippen LogP contribution is 2.32. The Hall–Kier alpha value is -3.80. The Kier molecular flexibility index (Phi) is 5.75. The molecule has 0 fully saturated rings. The van der Waals surface area contributed by atoms with Gasteiger partial charge in [0.1, 0.15) is 5.75 Å². The molecular weight excluding hydrogens is 408 g/mol. The SMILES string of the molecule is Oc1c(Cc2ccc(-c3cccs3)cc2)ccc2ccc(C#CCc3ccccc3)cc12. The maximum atomic E-state index is 11.0. The van der Waals surface area contributed by atoms with E-state index in [2.05, 4.69) is 71.8 Å². The molecule has 0 atom stereocenters. The number of rotatable bonds is 4. The first kappa shape index (κ1) is 20.1. The minimum atomic E-state index is 0.344. The van der Waals surface area contributed by atoms with E-state index in [0.29, 0.717) is 18.6 Å². The van der Waals surface area contributed by atoms with E-state index < -0.39 is 0 Å². The zero-order chi connectivity index (χ0) is 21.8. The van der Waals surface area contributed by atoms with Gasteiger partial charge in [0.25, 0.3) is 0 Å². The first-order valence-electron chi connectivity index (χ1n) is 10.7. The number of phenols is 1. The predicted molar refractivity (Wildman–Crippen MR) is 135 cm³/mol. The van der Waals surface area contributed by atoms with E-state index in [-0.39, 0.29) is 0 Å². The third-order valence-electron chi connectivity index (χ3n) is 5.60. The molecule has 0 saturated carbocycles. The molecule has 0 spiro atoms. The second-order valence-electron chi connectivity index (χ2n) is 7.82. The van der Waals surface area contributed by atoms with E-state index in [0.717, 1.165) is 21.9 Å². The Balaban J connectivity index is 1.38. The highest BCUT2D eigenvalue weighted by Gasteiger charge is 2.08. The summed E-state index contributed by atoms with van der Waals surface area (Å²) >= 11 is 1.74. The maximum absolute atomic E-state index is 11.0. The fraction of sp³-hybridized carbons (Fsp3) is 0.0667. The van der Waals surface area contributed by atoms with Crippen LogP contribution < -0.4 is 0 Å². The summed E-state index contributed by atoms with van der Waals surface area (Å²) in [6.07, 6.45) is 1.41. The standard InChI is InChI=1S/C30H22OS/c31-30-27(20-24-12-15-26(16-13-24)29-10-5-19-32-29)18-17-25-14-11-23(21-28(25)30)9-4-8-22-6-2-1-3-7-22/h1-3,5-7,10-19,21,31H,8,20H2. The van der Waals surface area contributed by atoms with Crippen LogP contribution in [0.15, 0.2) is 102 Å². The molecule has 4 aromatic carbocycles. The molecule has 0 aliphatic heterocycles. The number of aromatic hydroxyl groups is 1. The molecule has 0 amide bonds. The van der Waals surface area contributed by atoms with E-state index in [1.807, 2.05) is 42.5 Å². The quantitative estimate of drug-likeness (QED) is 0.293. The number of hydrogen-bond acceptors (Lipinski definition) is 2. The van der Waals surface area contributed by atoms with Crippen LogP contribution in [0.5, 0.6) is 5.75 Å². The van der Waals surface area contributed by atoms with Gasteiger partial charge in [0.05, 0.1) is 0 Å². The van der Waals surface area contributed by atoms with Crippen molar-refractivity contribution in [3.05, 3.63) is 125 Å². The van der Waals surface area contributed by atoms with Crippen molar-refractivity contribution in [3.63, 3.8) is 0 Å². The molecule has 0 unspecified atom stereocenters. The van der Waals surface area contributed by atoms with Gasteiger partial charge in [-0.25, -0.2) is 0 Å². The molecular formula is C30H22OS. The van der Waals surface area contributed by atoms with Crippen molar-refractivity contribution in [1.29, 1.82) is 0 Å². The molecule has 0 radical (unpaired) electrons. The van der Waals surface area contributed by atoms with Crippen LogP contribution >= 0.6 is 11.3 Å². The van der Waals surface area contributed by atoms with Crippen LogP contribution in [0.3, 0.4) is 0 Å². The lowest BCUT2D eigenvalue weighted by Gasteiger charge is -2.09. The summed E-state index contributed by atoms with van der Waals surface area (Å²) in [5, 5.41) is 15.0. The van der Waals surface area contributed by atoms with Gasteiger partial charge < -0.3 is 5.11 Å². The largest absolute Gasteiger partial charge is 0.507 e. The monoisotopic (exact) mass is 430 g/mol. The Morgan fingerprint density at radius 1 is 0.750 bits per heavy atom. The van der Waals surface area contributed by atoms with Gasteiger partial charge in [0, 0.05) is 28.7 Å². The molecule has 1 N–H and O–H groups in total. The lowest BCUT2D eigenvalue weighted by molar-refractivity contribution is 0.476. The summed E-state index contributed by atoms with van der Waals surface area (Å²) in [4.78, 5) is 1.27. The van der Waals surface area contributed by atoms with Crippen LogP contribution in [-0.4, -0.2) is 5.11 Å². The van der Waals surface area contributed by atoms with Crippen molar-refractivity contribution in [2.24, 2.45) is 0 Å². The van der Waals surface area contributed by atoms with Gasteiger partial charge in [0.15, 0.2) is 0 Å². The molecule has 0 bridgehead atoms. The Morgan fingerprint density at radius 3 is 2.34 bits per heavy atom. The highest BCUT2D eigenvalue weighted by molar-refractivity contribution is 7.13. The number of hydrogen-bond donors (Lipinski definition) is 1. The smallest absolute Gasteiger partial charge is 0.126 e. The fourth-order valence-electron chi connectivity index (χ4n) is 3.86. The second kappa shape index (κ2) is 9.14. The summed E-state index contributed by atoms with van der Waals surface area (Å²) < 4.78 is 0. The van der Waals surface area contributed by atoms with E-state index in [9.17, 15) is 5.11 Å². The van der Waals surface area contributed by atoms with Gasteiger partial charge in [-0.1, -0.05) is 90.7 Å². The summed E-state index contributed by atoms with van der Waals surface area (Å²) in [5.74, 6) is 6.83. The molecule has 32 heavy (non-hydrogen) atoms. The van der Waals surface area contributed by atoms with Crippen LogP contribution in [0, 0.1) is 11.8 Å². The Labute approximate surface area is 192 Å². The van der Waals surface area contributed by atoms with Gasteiger partial charge in [-0.05, 0) is 51.2 Å². The molecule has 1 nitrogen and oxygen atoms in total. The first-order valence-corrected chi connectivity index (χ1v) is 11.5. The normalized spacial score (nSPS) is 10.6. The van der Waals surface area contributed by atoms with Gasteiger partial charge >= 0.3 is 0 Å². The van der Waals surface area contributed by atoms with E-state index in [4.69, 9.17) is 0 Å². The molecule has 0 aliphatic rings. The van der Waals surface area contributed by atoms with E-state index >= 15 is 0 Å². The number of thiophene rings is 1. The Morgan fingerprint density at radius 2 is 1.56 bits per heavy atom. The molecule has 1 aromatic heterocycles. The number of phenolic OH excluding ortho intramolecular Hbond substituents is 1. The number of benzene rings is 4. The topological polar surface area (TPSA) is 20.2 Å². The molecule has 1 heterocycles. The average Bonchev–Trinajstić information content (AvgIpc) is 3.37. The van der Waals surface area contributed by atoms with Crippen molar-refractivity contribution >= 4 is 22.1 Å². The second-order valence-corrected chi connectivity index (χ2v) is 8.77. The van der Waals surface area contributed by atoms with Crippen LogP contribution in [0.25, 0.3) is 21.2 Å². The Bertz CT molecular complexity index is 1400. The van der Waals surface area contributed by atoms with Crippen LogP contribution in [0.2, 0.25) is 0 Å².